The van der Waals surface area contributed by atoms with Crippen molar-refractivity contribution in [3.8, 4) is 0 Å². The summed E-state index contributed by atoms with van der Waals surface area (Å²) >= 11 is 0. The van der Waals surface area contributed by atoms with Gasteiger partial charge in [-0.05, 0) is 20.8 Å². The molecule has 1 fully saturated rings. The maximum atomic E-state index is 12.2. The molecule has 0 saturated carbocycles. The van der Waals surface area contributed by atoms with Crippen LogP contribution in [0, 0.1) is 0 Å². The summed E-state index contributed by atoms with van der Waals surface area (Å²) in [5.41, 5.74) is 0.316. The highest BCUT2D eigenvalue weighted by Gasteiger charge is 2.34. The van der Waals surface area contributed by atoms with Gasteiger partial charge in [-0.3, -0.25) is 4.79 Å². The number of rotatable bonds is 2. The number of nitrogens with zero attached hydrogens (tertiary/aromatic N) is 3. The van der Waals surface area contributed by atoms with Gasteiger partial charge in [0.05, 0.1) is 18.1 Å². The van der Waals surface area contributed by atoms with Crippen LogP contribution >= 0.6 is 0 Å². The number of ether oxygens (including phenoxy) is 1. The first-order chi connectivity index (χ1) is 10.6. The zero-order valence-electron chi connectivity index (χ0n) is 13.4. The minimum Gasteiger partial charge on any atom is -0.462 e. The van der Waals surface area contributed by atoms with Crippen LogP contribution in [-0.2, 0) is 15.7 Å². The van der Waals surface area contributed by atoms with Crippen LogP contribution in [-0.4, -0.2) is 48.2 Å². The van der Waals surface area contributed by atoms with E-state index in [4.69, 9.17) is 0 Å². The van der Waals surface area contributed by atoms with E-state index >= 15 is 0 Å². The molecule has 0 radical (unpaired) electrons. The Bertz CT molecular complexity index is 480. The third-order valence-electron chi connectivity index (χ3n) is 2.78. The molecule has 0 amide bonds. The first-order valence-corrected chi connectivity index (χ1v) is 7.10. The molecule has 0 atom stereocenters. The molecule has 23 heavy (non-hydrogen) atoms. The number of hydrogen-bond donors (Lipinski definition) is 1. The highest BCUT2D eigenvalue weighted by molar-refractivity contribution is 5.42. The zero-order valence-corrected chi connectivity index (χ0v) is 13.4. The van der Waals surface area contributed by atoms with E-state index in [0.717, 1.165) is 26.2 Å². The van der Waals surface area contributed by atoms with Gasteiger partial charge in [0.15, 0.2) is 0 Å². The number of hydrogen-bond acceptors (Lipinski definition) is 6. The lowest BCUT2D eigenvalue weighted by Crippen LogP contribution is -2.43. The second-order valence-electron chi connectivity index (χ2n) is 5.83. The Kier molecular flexibility index (Phi) is 6.74. The van der Waals surface area contributed by atoms with Crippen molar-refractivity contribution in [3.63, 3.8) is 0 Å². The lowest BCUT2D eigenvalue weighted by molar-refractivity contribution is -0.145. The molecule has 1 aliphatic heterocycles. The lowest BCUT2D eigenvalue weighted by Gasteiger charge is -2.28. The van der Waals surface area contributed by atoms with Crippen molar-refractivity contribution in [1.82, 2.24) is 15.3 Å². The van der Waals surface area contributed by atoms with E-state index in [1.807, 2.05) is 25.7 Å². The summed E-state index contributed by atoms with van der Waals surface area (Å²) < 4.78 is 41.2. The SMILES string of the molecule is CC(C)(C)OC=O.FC(F)(F)c1ncc(N2CCNCC2)cn1. The van der Waals surface area contributed by atoms with Crippen molar-refractivity contribution in [2.75, 3.05) is 31.1 Å². The number of aromatic nitrogens is 2. The fourth-order valence-corrected chi connectivity index (χ4v) is 1.70. The molecule has 0 bridgehead atoms. The molecule has 0 aliphatic carbocycles. The Morgan fingerprint density at radius 1 is 1.17 bits per heavy atom. The van der Waals surface area contributed by atoms with Gasteiger partial charge in [-0.15, -0.1) is 0 Å². The molecule has 1 N–H and O–H groups in total. The number of anilines is 1. The molecule has 2 heterocycles. The second kappa shape index (κ2) is 8.09. The van der Waals surface area contributed by atoms with E-state index < -0.39 is 12.0 Å². The van der Waals surface area contributed by atoms with E-state index in [2.05, 4.69) is 20.0 Å². The van der Waals surface area contributed by atoms with Gasteiger partial charge in [0.25, 0.3) is 6.47 Å². The summed E-state index contributed by atoms with van der Waals surface area (Å²) in [4.78, 5) is 18.2. The number of alkyl halides is 3. The number of carbonyl (C=O) groups is 1. The van der Waals surface area contributed by atoms with Crippen molar-refractivity contribution < 1.29 is 22.7 Å². The summed E-state index contributed by atoms with van der Waals surface area (Å²) in [7, 11) is 0. The van der Waals surface area contributed by atoms with Crippen LogP contribution in [0.1, 0.15) is 26.6 Å². The Hall–Kier alpha value is -1.90. The minimum absolute atomic E-state index is 0.318. The standard InChI is InChI=1S/C9H11F3N4.C5H10O2/c10-9(11,12)8-14-5-7(6-15-8)16-3-1-13-2-4-16;1-5(2,3)7-4-6/h5-6,13H,1-4H2;4H,1-3H3. The number of carbonyl (C=O) groups excluding carboxylic acids is 1. The van der Waals surface area contributed by atoms with Gasteiger partial charge in [-0.25, -0.2) is 9.97 Å². The summed E-state index contributed by atoms with van der Waals surface area (Å²) in [6, 6.07) is 0. The first-order valence-electron chi connectivity index (χ1n) is 7.10. The summed E-state index contributed by atoms with van der Waals surface area (Å²) in [6.07, 6.45) is -2.02. The highest BCUT2D eigenvalue weighted by atomic mass is 19.4. The zero-order chi connectivity index (χ0) is 17.5. The lowest BCUT2D eigenvalue weighted by atomic mass is 10.2. The van der Waals surface area contributed by atoms with Crippen LogP contribution in [0.3, 0.4) is 0 Å². The molecule has 1 aliphatic rings. The van der Waals surface area contributed by atoms with Crippen LogP contribution < -0.4 is 10.2 Å². The molecule has 0 spiro atoms. The highest BCUT2D eigenvalue weighted by Crippen LogP contribution is 2.26. The molecule has 1 aromatic heterocycles. The Balaban J connectivity index is 0.000000322. The van der Waals surface area contributed by atoms with Gasteiger partial charge in [0, 0.05) is 26.2 Å². The second-order valence-corrected chi connectivity index (χ2v) is 5.83. The average Bonchev–Trinajstić information content (AvgIpc) is 2.47. The molecule has 6 nitrogen and oxygen atoms in total. The minimum atomic E-state index is -4.47. The third-order valence-corrected chi connectivity index (χ3v) is 2.78. The van der Waals surface area contributed by atoms with Gasteiger partial charge in [0.1, 0.15) is 5.60 Å². The fraction of sp³-hybridized carbons (Fsp3) is 0.643. The quantitative estimate of drug-likeness (QED) is 0.833. The molecule has 130 valence electrons. The summed E-state index contributed by atoms with van der Waals surface area (Å²) in [5.74, 6) is -1.09. The van der Waals surface area contributed by atoms with Crippen LogP contribution in [0.5, 0.6) is 0 Å². The van der Waals surface area contributed by atoms with E-state index in [9.17, 15) is 18.0 Å². The van der Waals surface area contributed by atoms with Crippen molar-refractivity contribution in [2.45, 2.75) is 32.5 Å². The van der Waals surface area contributed by atoms with Crippen LogP contribution in [0.25, 0.3) is 0 Å². The molecule has 1 aromatic rings. The normalized spacial score (nSPS) is 15.5. The predicted octanol–water partition coefficient (Wildman–Crippen LogP) is 1.86. The summed E-state index contributed by atoms with van der Waals surface area (Å²) in [5, 5.41) is 3.16. The van der Waals surface area contributed by atoms with Gasteiger partial charge in [-0.2, -0.15) is 13.2 Å². The number of piperazine rings is 1. The smallest absolute Gasteiger partial charge is 0.451 e. The van der Waals surface area contributed by atoms with Gasteiger partial charge < -0.3 is 15.0 Å². The van der Waals surface area contributed by atoms with Gasteiger partial charge >= 0.3 is 6.18 Å². The van der Waals surface area contributed by atoms with Crippen molar-refractivity contribution in [1.29, 1.82) is 0 Å². The molecule has 9 heteroatoms. The van der Waals surface area contributed by atoms with Crippen molar-refractivity contribution in [3.05, 3.63) is 18.2 Å². The van der Waals surface area contributed by atoms with Gasteiger partial charge in [0.2, 0.25) is 5.82 Å². The topological polar surface area (TPSA) is 67.3 Å². The summed E-state index contributed by atoms with van der Waals surface area (Å²) in [6.45, 7) is 9.08. The predicted molar refractivity (Wildman–Crippen MR) is 79.0 cm³/mol. The third kappa shape index (κ3) is 7.27. The maximum Gasteiger partial charge on any atom is 0.451 e. The number of nitrogens with one attached hydrogen (secondary N) is 1. The van der Waals surface area contributed by atoms with Gasteiger partial charge in [-0.1, -0.05) is 0 Å². The fourth-order valence-electron chi connectivity index (χ4n) is 1.70. The monoisotopic (exact) mass is 334 g/mol. The van der Waals surface area contributed by atoms with E-state index in [-0.39, 0.29) is 5.60 Å². The Labute approximate surface area is 133 Å². The van der Waals surface area contributed by atoms with Crippen LogP contribution in [0.2, 0.25) is 0 Å². The van der Waals surface area contributed by atoms with Crippen LogP contribution in [0.15, 0.2) is 12.4 Å². The number of halogens is 3. The average molecular weight is 334 g/mol. The first kappa shape index (κ1) is 19.1. The molecule has 1 saturated heterocycles. The molecule has 2 rings (SSSR count). The molecule has 0 unspecified atom stereocenters. The van der Waals surface area contributed by atoms with Crippen molar-refractivity contribution in [2.24, 2.45) is 0 Å². The molecule has 0 aromatic carbocycles. The largest absolute Gasteiger partial charge is 0.462 e. The van der Waals surface area contributed by atoms with E-state index in [0.29, 0.717) is 12.2 Å². The Morgan fingerprint density at radius 3 is 2.04 bits per heavy atom. The molecular weight excluding hydrogens is 313 g/mol. The Morgan fingerprint density at radius 2 is 1.70 bits per heavy atom. The van der Waals surface area contributed by atoms with Crippen LogP contribution in [0.4, 0.5) is 18.9 Å². The van der Waals surface area contributed by atoms with Crippen molar-refractivity contribution >= 4 is 12.2 Å². The van der Waals surface area contributed by atoms with E-state index in [1.165, 1.54) is 12.4 Å². The maximum absolute atomic E-state index is 12.2. The molecular formula is C14H21F3N4O2. The van der Waals surface area contributed by atoms with E-state index in [1.54, 1.807) is 0 Å².